The molecule has 2 heterocycles. The first kappa shape index (κ1) is 22.5. The van der Waals surface area contributed by atoms with Crippen LogP contribution < -0.4 is 9.62 Å². The van der Waals surface area contributed by atoms with E-state index in [-0.39, 0.29) is 12.1 Å². The van der Waals surface area contributed by atoms with E-state index in [0.29, 0.717) is 17.3 Å². The van der Waals surface area contributed by atoms with Gasteiger partial charge in [0.2, 0.25) is 16.0 Å². The van der Waals surface area contributed by atoms with Crippen LogP contribution in [-0.2, 0) is 16.6 Å². The van der Waals surface area contributed by atoms with Gasteiger partial charge in [-0.05, 0) is 39.2 Å². The van der Waals surface area contributed by atoms with Crippen LogP contribution >= 0.6 is 0 Å². The van der Waals surface area contributed by atoms with Crippen molar-refractivity contribution in [1.82, 2.24) is 14.7 Å². The van der Waals surface area contributed by atoms with Crippen LogP contribution in [0.1, 0.15) is 36.2 Å². The second-order valence-corrected chi connectivity index (χ2v) is 9.04. The van der Waals surface area contributed by atoms with Gasteiger partial charge in [0.1, 0.15) is 5.56 Å². The second kappa shape index (κ2) is 8.89. The van der Waals surface area contributed by atoms with Gasteiger partial charge in [-0.2, -0.15) is 0 Å². The molecule has 0 amide bonds. The van der Waals surface area contributed by atoms with Crippen LogP contribution in [0.15, 0.2) is 23.1 Å². The normalized spacial score (nSPS) is 14.5. The summed E-state index contributed by atoms with van der Waals surface area (Å²) in [5.41, 5.74) is -0.398. The van der Waals surface area contributed by atoms with Gasteiger partial charge in [-0.3, -0.25) is 20.2 Å². The first-order valence-electron chi connectivity index (χ1n) is 9.61. The zero-order chi connectivity index (χ0) is 22.8. The molecule has 1 aromatic heterocycles. The number of rotatable bonds is 7. The topological polar surface area (TPSA) is 161 Å². The number of anilines is 1. The fraction of sp³-hybridized carbons (Fsp3) is 0.444. The molecular formula is C18H22N6O6S. The number of benzene rings is 1. The number of sulfonamides is 1. The maximum atomic E-state index is 12.7. The molecule has 166 valence electrons. The zero-order valence-corrected chi connectivity index (χ0v) is 17.9. The van der Waals surface area contributed by atoms with Gasteiger partial charge >= 0.3 is 0 Å². The van der Waals surface area contributed by atoms with Gasteiger partial charge in [-0.25, -0.2) is 23.1 Å². The van der Waals surface area contributed by atoms with E-state index in [1.54, 1.807) is 13.0 Å². The van der Waals surface area contributed by atoms with Gasteiger partial charge in [-0.15, -0.1) is 0 Å². The minimum Gasteiger partial charge on any atom is -0.341 e. The fourth-order valence-electron chi connectivity index (χ4n) is 3.39. The predicted octanol–water partition coefficient (Wildman–Crippen LogP) is 2.38. The number of hydrogen-bond acceptors (Lipinski definition) is 9. The van der Waals surface area contributed by atoms with Crippen molar-refractivity contribution in [3.63, 3.8) is 0 Å². The average molecular weight is 450 g/mol. The molecule has 0 saturated carbocycles. The van der Waals surface area contributed by atoms with E-state index in [2.05, 4.69) is 14.7 Å². The third-order valence-electron chi connectivity index (χ3n) is 5.01. The third kappa shape index (κ3) is 5.11. The Balaban J connectivity index is 1.87. The Hall–Kier alpha value is -3.19. The van der Waals surface area contributed by atoms with Gasteiger partial charge in [0.05, 0.1) is 27.0 Å². The molecule has 3 rings (SSSR count). The number of hydrogen-bond donors (Lipinski definition) is 1. The molecule has 13 heteroatoms. The molecule has 0 aliphatic carbocycles. The van der Waals surface area contributed by atoms with Crippen molar-refractivity contribution < 1.29 is 18.3 Å². The average Bonchev–Trinajstić information content (AvgIpc) is 2.72. The number of piperidine rings is 1. The first-order chi connectivity index (χ1) is 14.6. The van der Waals surface area contributed by atoms with Gasteiger partial charge < -0.3 is 4.90 Å². The summed E-state index contributed by atoms with van der Waals surface area (Å²) >= 11 is 0. The van der Waals surface area contributed by atoms with Crippen LogP contribution in [0.25, 0.3) is 0 Å². The lowest BCUT2D eigenvalue weighted by molar-refractivity contribution is -0.395. The van der Waals surface area contributed by atoms with Gasteiger partial charge in [0.25, 0.3) is 11.4 Å². The molecule has 1 N–H and O–H groups in total. The molecule has 1 aromatic carbocycles. The quantitative estimate of drug-likeness (QED) is 0.493. The third-order valence-corrected chi connectivity index (χ3v) is 6.39. The zero-order valence-electron chi connectivity index (χ0n) is 17.1. The SMILES string of the molecule is Cc1cc(CNS(=O)(=O)c2cc([N+](=O)[O-])c(C)c([N+](=O)[O-])c2)nc(N2CCCCC2)n1. The van der Waals surface area contributed by atoms with Crippen molar-refractivity contribution in [3.05, 3.63) is 55.4 Å². The molecule has 0 radical (unpaired) electrons. The molecule has 1 aliphatic heterocycles. The van der Waals surface area contributed by atoms with Crippen LogP contribution in [0.3, 0.4) is 0 Å². The molecule has 12 nitrogen and oxygen atoms in total. The van der Waals surface area contributed by atoms with Crippen molar-refractivity contribution >= 4 is 27.3 Å². The highest BCUT2D eigenvalue weighted by atomic mass is 32.2. The summed E-state index contributed by atoms with van der Waals surface area (Å²) in [6.07, 6.45) is 3.21. The lowest BCUT2D eigenvalue weighted by Gasteiger charge is -2.27. The summed E-state index contributed by atoms with van der Waals surface area (Å²) in [6, 6.07) is 3.26. The number of aryl methyl sites for hydroxylation is 1. The fourth-order valence-corrected chi connectivity index (χ4v) is 4.43. The summed E-state index contributed by atoms with van der Waals surface area (Å²) < 4.78 is 27.8. The Morgan fingerprint density at radius 1 is 1.00 bits per heavy atom. The van der Waals surface area contributed by atoms with E-state index in [4.69, 9.17) is 0 Å². The highest BCUT2D eigenvalue weighted by Gasteiger charge is 2.28. The molecule has 1 aliphatic rings. The van der Waals surface area contributed by atoms with Crippen molar-refractivity contribution in [2.75, 3.05) is 18.0 Å². The van der Waals surface area contributed by atoms with Crippen LogP contribution in [-0.4, -0.2) is 41.3 Å². The van der Waals surface area contributed by atoms with E-state index in [1.165, 1.54) is 6.92 Å². The Bertz CT molecular complexity index is 1100. The lowest BCUT2D eigenvalue weighted by Crippen LogP contribution is -2.32. The Morgan fingerprint density at radius 3 is 2.13 bits per heavy atom. The number of nitrogens with one attached hydrogen (secondary N) is 1. The summed E-state index contributed by atoms with van der Waals surface area (Å²) in [5, 5.41) is 22.5. The predicted molar refractivity (Wildman–Crippen MR) is 111 cm³/mol. The summed E-state index contributed by atoms with van der Waals surface area (Å²) in [7, 11) is -4.27. The van der Waals surface area contributed by atoms with Crippen molar-refractivity contribution in [2.45, 2.75) is 44.6 Å². The molecule has 0 spiro atoms. The van der Waals surface area contributed by atoms with Crippen LogP contribution in [0.4, 0.5) is 17.3 Å². The second-order valence-electron chi connectivity index (χ2n) is 7.27. The van der Waals surface area contributed by atoms with E-state index < -0.39 is 36.1 Å². The van der Waals surface area contributed by atoms with Crippen LogP contribution in [0.5, 0.6) is 0 Å². The molecular weight excluding hydrogens is 428 g/mol. The largest absolute Gasteiger partial charge is 0.341 e. The maximum Gasteiger partial charge on any atom is 0.280 e. The molecule has 1 saturated heterocycles. The van der Waals surface area contributed by atoms with Crippen molar-refractivity contribution in [1.29, 1.82) is 0 Å². The minimum absolute atomic E-state index is 0.192. The Morgan fingerprint density at radius 2 is 1.58 bits per heavy atom. The number of aromatic nitrogens is 2. The first-order valence-corrected chi connectivity index (χ1v) is 11.1. The van der Waals surface area contributed by atoms with Crippen molar-refractivity contribution in [3.8, 4) is 0 Å². The van der Waals surface area contributed by atoms with Crippen LogP contribution in [0.2, 0.25) is 0 Å². The van der Waals surface area contributed by atoms with E-state index >= 15 is 0 Å². The standard InChI is InChI=1S/C18H22N6O6S/c1-12-8-14(21-18(20-12)22-6-4-3-5-7-22)11-19-31(29,30)15-9-16(23(25)26)13(2)17(10-15)24(27)28/h8-10,19H,3-7,11H2,1-2H3. The molecule has 0 unspecified atom stereocenters. The monoisotopic (exact) mass is 450 g/mol. The van der Waals surface area contributed by atoms with E-state index in [0.717, 1.165) is 44.5 Å². The highest BCUT2D eigenvalue weighted by molar-refractivity contribution is 7.89. The Labute approximate surface area is 178 Å². The molecule has 0 bridgehead atoms. The van der Waals surface area contributed by atoms with E-state index in [1.807, 2.05) is 4.90 Å². The number of nitrogens with zero attached hydrogens (tertiary/aromatic N) is 5. The van der Waals surface area contributed by atoms with Gasteiger partial charge in [0.15, 0.2) is 0 Å². The van der Waals surface area contributed by atoms with Crippen LogP contribution in [0, 0.1) is 34.1 Å². The summed E-state index contributed by atoms with van der Waals surface area (Å²) in [4.78, 5) is 31.1. The molecule has 31 heavy (non-hydrogen) atoms. The number of nitro groups is 2. The van der Waals surface area contributed by atoms with Gasteiger partial charge in [0, 0.05) is 30.9 Å². The maximum absolute atomic E-state index is 12.7. The minimum atomic E-state index is -4.27. The van der Waals surface area contributed by atoms with E-state index in [9.17, 15) is 28.6 Å². The van der Waals surface area contributed by atoms with Crippen molar-refractivity contribution in [2.24, 2.45) is 0 Å². The number of nitro benzene ring substituents is 2. The molecule has 0 atom stereocenters. The highest BCUT2D eigenvalue weighted by Crippen LogP contribution is 2.31. The molecule has 1 fully saturated rings. The summed E-state index contributed by atoms with van der Waals surface area (Å²) in [5.74, 6) is 0.524. The van der Waals surface area contributed by atoms with Gasteiger partial charge in [-0.1, -0.05) is 0 Å². The Kier molecular flexibility index (Phi) is 6.45. The smallest absolute Gasteiger partial charge is 0.280 e. The molecule has 2 aromatic rings. The lowest BCUT2D eigenvalue weighted by atomic mass is 10.1. The summed E-state index contributed by atoms with van der Waals surface area (Å²) in [6.45, 7) is 4.43.